The number of hydrogen-bond donors (Lipinski definition) is 1. The van der Waals surface area contributed by atoms with Crippen molar-refractivity contribution in [2.24, 2.45) is 0 Å². The van der Waals surface area contributed by atoms with Crippen molar-refractivity contribution in [3.63, 3.8) is 0 Å². The molecule has 0 saturated carbocycles. The van der Waals surface area contributed by atoms with E-state index in [1.165, 1.54) is 49.8 Å². The number of amides is 2. The summed E-state index contributed by atoms with van der Waals surface area (Å²) >= 11 is 0. The molecule has 1 aliphatic rings. The van der Waals surface area contributed by atoms with Crippen LogP contribution >= 0.6 is 0 Å². The van der Waals surface area contributed by atoms with E-state index in [9.17, 15) is 9.59 Å². The molecule has 2 atom stereocenters. The lowest BCUT2D eigenvalue weighted by Gasteiger charge is -2.47. The summed E-state index contributed by atoms with van der Waals surface area (Å²) in [6, 6.07) is 9.14. The molecule has 5 heteroatoms. The molecular formula is C26H42N2O3. The minimum absolute atomic E-state index is 0.125. The number of hydrogen-bond acceptors (Lipinski definition) is 4. The number of carbonyl (C=O) groups is 2. The zero-order valence-electron chi connectivity index (χ0n) is 20.0. The Hall–Kier alpha value is -1.88. The number of β-lactam (4-membered cyclic amide) rings is 1. The fourth-order valence-electron chi connectivity index (χ4n) is 4.14. The summed E-state index contributed by atoms with van der Waals surface area (Å²) in [5.74, 6) is -0.172. The first-order valence-electron chi connectivity index (χ1n) is 12.1. The van der Waals surface area contributed by atoms with Crippen LogP contribution in [0.1, 0.15) is 97.5 Å². The van der Waals surface area contributed by atoms with E-state index < -0.39 is 6.09 Å². The van der Waals surface area contributed by atoms with Crippen LogP contribution in [0.15, 0.2) is 30.3 Å². The monoisotopic (exact) mass is 430 g/mol. The first kappa shape index (κ1) is 25.4. The predicted molar refractivity (Wildman–Crippen MR) is 126 cm³/mol. The molecule has 2 rings (SSSR count). The Bertz CT molecular complexity index is 669. The Morgan fingerprint density at radius 1 is 0.968 bits per heavy atom. The van der Waals surface area contributed by atoms with Gasteiger partial charge in [-0.2, -0.15) is 0 Å². The average molecular weight is 431 g/mol. The van der Waals surface area contributed by atoms with E-state index in [4.69, 9.17) is 4.74 Å². The Morgan fingerprint density at radius 2 is 1.55 bits per heavy atom. The van der Waals surface area contributed by atoms with Gasteiger partial charge < -0.3 is 4.74 Å². The van der Waals surface area contributed by atoms with Crippen LogP contribution in [0, 0.1) is 0 Å². The number of nitrogens with one attached hydrogen (secondary N) is 1. The molecule has 0 spiro atoms. The normalized spacial score (nSPS) is 18.7. The van der Waals surface area contributed by atoms with E-state index >= 15 is 0 Å². The number of rotatable bonds is 13. The van der Waals surface area contributed by atoms with Gasteiger partial charge in [0.05, 0.1) is 6.04 Å². The number of likely N-dealkylation sites (tertiary alicyclic amines) is 1. The van der Waals surface area contributed by atoms with E-state index in [2.05, 4.69) is 12.2 Å². The predicted octanol–water partition coefficient (Wildman–Crippen LogP) is 6.21. The molecule has 1 aromatic rings. The first-order chi connectivity index (χ1) is 14.8. The standard InChI is InChI=1S/C26H42N2O3/c1-5-6-7-8-9-10-11-12-16-19-22-23(27-26(2,3)4)24(29)28(22)25(30)31-20-21-17-14-13-15-18-21/h13-15,17-18,22-23,27H,5-12,16,19-20H2,1-4H3/t22-,23-/m1/s1. The Labute approximate surface area is 188 Å². The quantitative estimate of drug-likeness (QED) is 0.298. The van der Waals surface area contributed by atoms with Crippen LogP contribution in [0.25, 0.3) is 0 Å². The number of unbranched alkanes of at least 4 members (excludes halogenated alkanes) is 8. The summed E-state index contributed by atoms with van der Waals surface area (Å²) in [6.45, 7) is 8.57. The third kappa shape index (κ3) is 8.64. The number of ether oxygens (including phenoxy) is 1. The van der Waals surface area contributed by atoms with E-state index in [1.54, 1.807) is 0 Å². The van der Waals surface area contributed by atoms with Crippen molar-refractivity contribution in [1.82, 2.24) is 10.2 Å². The molecule has 0 aromatic heterocycles. The molecule has 31 heavy (non-hydrogen) atoms. The van der Waals surface area contributed by atoms with Crippen LogP contribution in [0.2, 0.25) is 0 Å². The fraction of sp³-hybridized carbons (Fsp3) is 0.692. The zero-order valence-corrected chi connectivity index (χ0v) is 20.0. The lowest BCUT2D eigenvalue weighted by Crippen LogP contribution is -2.73. The number of carbonyl (C=O) groups excluding carboxylic acids is 2. The number of imide groups is 1. The summed E-state index contributed by atoms with van der Waals surface area (Å²) in [5, 5.41) is 3.40. The Morgan fingerprint density at radius 3 is 2.13 bits per heavy atom. The molecule has 1 aromatic carbocycles. The second-order valence-electron chi connectivity index (χ2n) is 9.80. The summed E-state index contributed by atoms with van der Waals surface area (Å²) in [6.07, 6.45) is 11.6. The van der Waals surface area contributed by atoms with E-state index in [1.807, 2.05) is 51.1 Å². The van der Waals surface area contributed by atoms with Gasteiger partial charge in [0.2, 0.25) is 0 Å². The minimum Gasteiger partial charge on any atom is -0.444 e. The summed E-state index contributed by atoms with van der Waals surface area (Å²) in [4.78, 5) is 26.7. The maximum absolute atomic E-state index is 12.7. The van der Waals surface area contributed by atoms with Crippen LogP contribution in [0.5, 0.6) is 0 Å². The van der Waals surface area contributed by atoms with Crippen molar-refractivity contribution in [2.75, 3.05) is 0 Å². The van der Waals surface area contributed by atoms with Crippen molar-refractivity contribution >= 4 is 12.0 Å². The fourth-order valence-corrected chi connectivity index (χ4v) is 4.14. The maximum atomic E-state index is 12.7. The smallest absolute Gasteiger partial charge is 0.417 e. The van der Waals surface area contributed by atoms with Crippen LogP contribution < -0.4 is 5.32 Å². The lowest BCUT2D eigenvalue weighted by atomic mass is 9.88. The largest absolute Gasteiger partial charge is 0.444 e. The van der Waals surface area contributed by atoms with Gasteiger partial charge in [-0.05, 0) is 32.8 Å². The molecule has 0 unspecified atom stereocenters. The van der Waals surface area contributed by atoms with Gasteiger partial charge in [-0.15, -0.1) is 0 Å². The van der Waals surface area contributed by atoms with E-state index in [-0.39, 0.29) is 30.1 Å². The first-order valence-corrected chi connectivity index (χ1v) is 12.1. The Kier molecular flexibility index (Phi) is 10.5. The Balaban J connectivity index is 1.80. The van der Waals surface area contributed by atoms with Crippen molar-refractivity contribution in [1.29, 1.82) is 0 Å². The van der Waals surface area contributed by atoms with Crippen molar-refractivity contribution in [3.8, 4) is 0 Å². The van der Waals surface area contributed by atoms with Crippen molar-refractivity contribution in [2.45, 2.75) is 116 Å². The van der Waals surface area contributed by atoms with Gasteiger partial charge in [0.25, 0.3) is 5.91 Å². The van der Waals surface area contributed by atoms with E-state index in [0.29, 0.717) is 0 Å². The van der Waals surface area contributed by atoms with Gasteiger partial charge in [-0.1, -0.05) is 95.0 Å². The molecule has 1 N–H and O–H groups in total. The second-order valence-corrected chi connectivity index (χ2v) is 9.80. The summed E-state index contributed by atoms with van der Waals surface area (Å²) < 4.78 is 5.44. The van der Waals surface area contributed by atoms with E-state index in [0.717, 1.165) is 24.8 Å². The summed E-state index contributed by atoms with van der Waals surface area (Å²) in [7, 11) is 0. The third-order valence-corrected chi connectivity index (χ3v) is 5.81. The van der Waals surface area contributed by atoms with Crippen molar-refractivity contribution in [3.05, 3.63) is 35.9 Å². The molecule has 1 fully saturated rings. The molecule has 0 aliphatic carbocycles. The second kappa shape index (κ2) is 12.8. The summed E-state index contributed by atoms with van der Waals surface area (Å²) in [5.41, 5.74) is 0.737. The molecule has 2 amide bonds. The molecule has 1 saturated heterocycles. The van der Waals surface area contributed by atoms with Gasteiger partial charge in [0, 0.05) is 5.54 Å². The number of nitrogens with zero attached hydrogens (tertiary/aromatic N) is 1. The molecule has 0 bridgehead atoms. The van der Waals surface area contributed by atoms with Crippen LogP contribution in [-0.2, 0) is 16.1 Å². The minimum atomic E-state index is -0.526. The average Bonchev–Trinajstić information content (AvgIpc) is 2.74. The molecular weight excluding hydrogens is 388 g/mol. The lowest BCUT2D eigenvalue weighted by molar-refractivity contribution is -0.149. The van der Waals surface area contributed by atoms with Crippen LogP contribution in [0.3, 0.4) is 0 Å². The van der Waals surface area contributed by atoms with Gasteiger partial charge >= 0.3 is 6.09 Å². The molecule has 5 nitrogen and oxygen atoms in total. The third-order valence-electron chi connectivity index (χ3n) is 5.81. The highest BCUT2D eigenvalue weighted by Gasteiger charge is 2.51. The highest BCUT2D eigenvalue weighted by molar-refractivity contribution is 6.01. The molecule has 0 radical (unpaired) electrons. The van der Waals surface area contributed by atoms with Crippen molar-refractivity contribution < 1.29 is 14.3 Å². The van der Waals surface area contributed by atoms with Crippen LogP contribution in [-0.4, -0.2) is 34.5 Å². The SMILES string of the molecule is CCCCCCCCCCC[C@@H]1[C@@H](NC(C)(C)C)C(=O)N1C(=O)OCc1ccccc1. The maximum Gasteiger partial charge on any atom is 0.417 e. The molecule has 1 heterocycles. The van der Waals surface area contributed by atoms with Crippen LogP contribution in [0.4, 0.5) is 4.79 Å². The number of benzene rings is 1. The highest BCUT2D eigenvalue weighted by Crippen LogP contribution is 2.28. The van der Waals surface area contributed by atoms with Gasteiger partial charge in [-0.25, -0.2) is 9.69 Å². The molecule has 174 valence electrons. The topological polar surface area (TPSA) is 58.6 Å². The zero-order chi connectivity index (χ0) is 22.7. The molecule has 1 aliphatic heterocycles. The van der Waals surface area contributed by atoms with Gasteiger partial charge in [-0.3, -0.25) is 10.1 Å². The highest BCUT2D eigenvalue weighted by atomic mass is 16.6. The van der Waals surface area contributed by atoms with Gasteiger partial charge in [0.15, 0.2) is 0 Å². The van der Waals surface area contributed by atoms with Gasteiger partial charge in [0.1, 0.15) is 12.6 Å².